The Balaban J connectivity index is 1.95. The molecule has 0 aromatic heterocycles. The third-order valence-corrected chi connectivity index (χ3v) is 4.41. The Hall–Kier alpha value is -2.29. The Morgan fingerprint density at radius 3 is 2.29 bits per heavy atom. The largest absolute Gasteiger partial charge is 0.481 e. The summed E-state index contributed by atoms with van der Waals surface area (Å²) < 4.78 is 5.77. The number of aryl methyl sites for hydroxylation is 3. The zero-order valence-corrected chi connectivity index (χ0v) is 15.2. The van der Waals surface area contributed by atoms with Crippen LogP contribution in [0.4, 0.5) is 0 Å². The lowest BCUT2D eigenvalue weighted by Gasteiger charge is -2.19. The minimum absolute atomic E-state index is 0.0470. The van der Waals surface area contributed by atoms with Crippen molar-refractivity contribution in [2.45, 2.75) is 53.2 Å². The summed E-state index contributed by atoms with van der Waals surface area (Å²) in [6, 6.07) is 14.2. The van der Waals surface area contributed by atoms with Gasteiger partial charge in [0.15, 0.2) is 6.10 Å². The molecule has 0 unspecified atom stereocenters. The number of ether oxygens (including phenoxy) is 1. The molecule has 0 saturated heterocycles. The molecule has 3 heteroatoms. The van der Waals surface area contributed by atoms with E-state index in [4.69, 9.17) is 4.74 Å². The Bertz CT molecular complexity index is 691. The van der Waals surface area contributed by atoms with E-state index in [0.29, 0.717) is 0 Å². The first kappa shape index (κ1) is 18.1. The minimum atomic E-state index is -0.538. The van der Waals surface area contributed by atoms with Gasteiger partial charge in [0.05, 0.1) is 6.04 Å². The van der Waals surface area contributed by atoms with E-state index in [1.54, 1.807) is 6.92 Å². The lowest BCUT2D eigenvalue weighted by Crippen LogP contribution is -2.37. The number of benzene rings is 2. The van der Waals surface area contributed by atoms with Crippen LogP contribution in [-0.2, 0) is 11.2 Å². The van der Waals surface area contributed by atoms with Gasteiger partial charge in [0.2, 0.25) is 0 Å². The van der Waals surface area contributed by atoms with Gasteiger partial charge in [-0.2, -0.15) is 0 Å². The number of carbonyl (C=O) groups excluding carboxylic acids is 1. The van der Waals surface area contributed by atoms with Crippen LogP contribution in [0.2, 0.25) is 0 Å². The molecular formula is C21H27NO2. The van der Waals surface area contributed by atoms with E-state index in [0.717, 1.165) is 23.3 Å². The molecule has 0 spiro atoms. The predicted octanol–water partition coefficient (Wildman–Crippen LogP) is 4.51. The van der Waals surface area contributed by atoms with Crippen molar-refractivity contribution in [2.24, 2.45) is 0 Å². The molecule has 24 heavy (non-hydrogen) atoms. The van der Waals surface area contributed by atoms with Crippen LogP contribution in [0.1, 0.15) is 49.1 Å². The molecule has 0 aliphatic rings. The summed E-state index contributed by atoms with van der Waals surface area (Å²) in [4.78, 5) is 12.4. The second kappa shape index (κ2) is 8.00. The number of hydrogen-bond acceptors (Lipinski definition) is 2. The van der Waals surface area contributed by atoms with Gasteiger partial charge >= 0.3 is 0 Å². The van der Waals surface area contributed by atoms with E-state index in [1.165, 1.54) is 11.1 Å². The average molecular weight is 325 g/mol. The predicted molar refractivity (Wildman–Crippen MR) is 98.4 cm³/mol. The molecule has 0 saturated carbocycles. The molecule has 0 bridgehead atoms. The molecule has 0 heterocycles. The van der Waals surface area contributed by atoms with Gasteiger partial charge in [-0.15, -0.1) is 0 Å². The molecular weight excluding hydrogens is 298 g/mol. The quantitative estimate of drug-likeness (QED) is 0.848. The highest BCUT2D eigenvalue weighted by Crippen LogP contribution is 2.18. The summed E-state index contributed by atoms with van der Waals surface area (Å²) in [6.07, 6.45) is 0.478. The zero-order chi connectivity index (χ0) is 17.7. The molecule has 1 N–H and O–H groups in total. The SMILES string of the molecule is CCc1ccc([C@@H](C)NC(=O)[C@@H](C)Oc2ccc(C)c(C)c2)cc1. The van der Waals surface area contributed by atoms with Crippen molar-refractivity contribution < 1.29 is 9.53 Å². The van der Waals surface area contributed by atoms with E-state index >= 15 is 0 Å². The lowest BCUT2D eigenvalue weighted by molar-refractivity contribution is -0.127. The molecule has 2 atom stereocenters. The Morgan fingerprint density at radius 2 is 1.71 bits per heavy atom. The van der Waals surface area contributed by atoms with Crippen molar-refractivity contribution in [3.05, 3.63) is 64.7 Å². The molecule has 2 rings (SSSR count). The van der Waals surface area contributed by atoms with Crippen molar-refractivity contribution in [2.75, 3.05) is 0 Å². The van der Waals surface area contributed by atoms with Crippen molar-refractivity contribution in [1.29, 1.82) is 0 Å². The van der Waals surface area contributed by atoms with Crippen LogP contribution < -0.4 is 10.1 Å². The minimum Gasteiger partial charge on any atom is -0.481 e. The van der Waals surface area contributed by atoms with E-state index in [1.807, 2.05) is 32.0 Å². The Kier molecular flexibility index (Phi) is 6.02. The smallest absolute Gasteiger partial charge is 0.261 e. The van der Waals surface area contributed by atoms with Crippen molar-refractivity contribution >= 4 is 5.91 Å². The standard InChI is InChI=1S/C21H27NO2/c1-6-18-8-10-19(11-9-18)16(4)22-21(23)17(5)24-20-12-7-14(2)15(3)13-20/h7-13,16-17H,6H2,1-5H3,(H,22,23)/t16-,17-/m1/s1. The maximum atomic E-state index is 12.4. The van der Waals surface area contributed by atoms with Gasteiger partial charge in [-0.05, 0) is 68.5 Å². The summed E-state index contributed by atoms with van der Waals surface area (Å²) in [5, 5.41) is 3.02. The monoisotopic (exact) mass is 325 g/mol. The number of hydrogen-bond donors (Lipinski definition) is 1. The summed E-state index contributed by atoms with van der Waals surface area (Å²) >= 11 is 0. The third-order valence-electron chi connectivity index (χ3n) is 4.41. The molecule has 0 fully saturated rings. The first-order valence-corrected chi connectivity index (χ1v) is 8.53. The third kappa shape index (κ3) is 4.60. The fourth-order valence-corrected chi connectivity index (χ4v) is 2.50. The molecule has 0 radical (unpaired) electrons. The maximum Gasteiger partial charge on any atom is 0.261 e. The molecule has 3 nitrogen and oxygen atoms in total. The van der Waals surface area contributed by atoms with Gasteiger partial charge in [0, 0.05) is 0 Å². The van der Waals surface area contributed by atoms with Gasteiger partial charge in [0.25, 0.3) is 5.91 Å². The van der Waals surface area contributed by atoms with E-state index in [9.17, 15) is 4.79 Å². The average Bonchev–Trinajstić information content (AvgIpc) is 2.58. The van der Waals surface area contributed by atoms with E-state index in [2.05, 4.69) is 43.4 Å². The van der Waals surface area contributed by atoms with Crippen LogP contribution >= 0.6 is 0 Å². The molecule has 128 valence electrons. The number of amides is 1. The summed E-state index contributed by atoms with van der Waals surface area (Å²) in [5.41, 5.74) is 4.76. The lowest BCUT2D eigenvalue weighted by atomic mass is 10.0. The number of carbonyl (C=O) groups is 1. The second-order valence-electron chi connectivity index (χ2n) is 6.33. The normalized spacial score (nSPS) is 13.2. The van der Waals surface area contributed by atoms with Gasteiger partial charge < -0.3 is 10.1 Å². The molecule has 0 aliphatic heterocycles. The van der Waals surface area contributed by atoms with Gasteiger partial charge in [-0.25, -0.2) is 0 Å². The highest BCUT2D eigenvalue weighted by molar-refractivity contribution is 5.81. The van der Waals surface area contributed by atoms with E-state index in [-0.39, 0.29) is 11.9 Å². The number of nitrogens with one attached hydrogen (secondary N) is 1. The van der Waals surface area contributed by atoms with Gasteiger partial charge in [-0.1, -0.05) is 37.3 Å². The molecule has 2 aromatic carbocycles. The van der Waals surface area contributed by atoms with Crippen LogP contribution in [0.5, 0.6) is 5.75 Å². The van der Waals surface area contributed by atoms with Crippen LogP contribution in [-0.4, -0.2) is 12.0 Å². The van der Waals surface area contributed by atoms with E-state index < -0.39 is 6.10 Å². The highest BCUT2D eigenvalue weighted by Gasteiger charge is 2.18. The van der Waals surface area contributed by atoms with Crippen LogP contribution in [0, 0.1) is 13.8 Å². The summed E-state index contributed by atoms with van der Waals surface area (Å²) in [7, 11) is 0. The Morgan fingerprint density at radius 1 is 1.04 bits per heavy atom. The summed E-state index contributed by atoms with van der Waals surface area (Å²) in [5.74, 6) is 0.612. The van der Waals surface area contributed by atoms with Crippen molar-refractivity contribution in [3.63, 3.8) is 0 Å². The number of rotatable bonds is 6. The molecule has 1 amide bonds. The van der Waals surface area contributed by atoms with Crippen LogP contribution in [0.15, 0.2) is 42.5 Å². The fraction of sp³-hybridized carbons (Fsp3) is 0.381. The van der Waals surface area contributed by atoms with Crippen molar-refractivity contribution in [3.8, 4) is 5.75 Å². The first-order chi connectivity index (χ1) is 11.4. The van der Waals surface area contributed by atoms with Crippen molar-refractivity contribution in [1.82, 2.24) is 5.32 Å². The molecule has 2 aromatic rings. The topological polar surface area (TPSA) is 38.3 Å². The second-order valence-corrected chi connectivity index (χ2v) is 6.33. The maximum absolute atomic E-state index is 12.4. The zero-order valence-electron chi connectivity index (χ0n) is 15.2. The van der Waals surface area contributed by atoms with Crippen LogP contribution in [0.3, 0.4) is 0 Å². The van der Waals surface area contributed by atoms with Gasteiger partial charge in [-0.3, -0.25) is 4.79 Å². The summed E-state index contributed by atoms with van der Waals surface area (Å²) in [6.45, 7) is 9.99. The highest BCUT2D eigenvalue weighted by atomic mass is 16.5. The van der Waals surface area contributed by atoms with Crippen LogP contribution in [0.25, 0.3) is 0 Å². The first-order valence-electron chi connectivity index (χ1n) is 8.53. The fourth-order valence-electron chi connectivity index (χ4n) is 2.50. The van der Waals surface area contributed by atoms with Gasteiger partial charge in [0.1, 0.15) is 5.75 Å². The molecule has 0 aliphatic carbocycles. The Labute approximate surface area is 145 Å².